The molecular weight excluding hydrogens is 733 g/mol. The number of aliphatic hydroxyl groups excluding tert-OH is 1. The van der Waals surface area contributed by atoms with Crippen molar-refractivity contribution in [2.75, 3.05) is 26.4 Å². The number of alkyl halides is 1. The van der Waals surface area contributed by atoms with Gasteiger partial charge in [0, 0.05) is 29.6 Å². The van der Waals surface area contributed by atoms with E-state index in [1.807, 2.05) is 6.08 Å². The summed E-state index contributed by atoms with van der Waals surface area (Å²) in [6, 6.07) is -1.56. The molecule has 0 aromatic carbocycles. The van der Waals surface area contributed by atoms with E-state index in [9.17, 15) is 54.4 Å². The van der Waals surface area contributed by atoms with E-state index in [2.05, 4.69) is 15.0 Å². The number of amides is 1. The predicted molar refractivity (Wildman–Crippen MR) is 185 cm³/mol. The second-order valence-electron chi connectivity index (χ2n) is 15.4. The molecule has 4 rings (SSSR count). The van der Waals surface area contributed by atoms with Gasteiger partial charge in [0.2, 0.25) is 11.7 Å². The molecule has 306 valence electrons. The Morgan fingerprint density at radius 1 is 1.00 bits per heavy atom. The molecule has 1 amide bonds. The minimum Gasteiger partial charge on any atom is -0.464 e. The number of esters is 2. The Balaban J connectivity index is 1.40. The van der Waals surface area contributed by atoms with E-state index in [-0.39, 0.29) is 83.4 Å². The number of hydrogen-bond acceptors (Lipinski definition) is 15. The molecule has 4 aliphatic rings. The van der Waals surface area contributed by atoms with Crippen LogP contribution in [-0.2, 0) is 43.1 Å². The van der Waals surface area contributed by atoms with Crippen LogP contribution in [0.3, 0.4) is 0 Å². The quantitative estimate of drug-likeness (QED) is 0.0527. The minimum absolute atomic E-state index is 0.0392. The van der Waals surface area contributed by atoms with Crippen molar-refractivity contribution in [2.24, 2.45) is 28.6 Å². The number of Topliss-reactive ketones (excluding diaryl/α,β-unsaturated/α-hetero) is 1. The van der Waals surface area contributed by atoms with Crippen molar-refractivity contribution in [1.29, 1.82) is 0 Å². The van der Waals surface area contributed by atoms with Crippen LogP contribution in [0.2, 0.25) is 0 Å². The van der Waals surface area contributed by atoms with Gasteiger partial charge in [0.25, 0.3) is 10.2 Å². The normalized spacial score (nSPS) is 32.5. The number of hydrogen-bond donors (Lipinski definition) is 3. The molecule has 2 fully saturated rings. The van der Waals surface area contributed by atoms with E-state index in [1.165, 1.54) is 12.2 Å². The van der Waals surface area contributed by atoms with Crippen LogP contribution < -0.4 is 5.32 Å². The van der Waals surface area contributed by atoms with E-state index < -0.39 is 98.8 Å². The Morgan fingerprint density at radius 3 is 2.29 bits per heavy atom. The molecule has 0 aromatic rings. The van der Waals surface area contributed by atoms with Gasteiger partial charge in [0.1, 0.15) is 11.6 Å². The van der Waals surface area contributed by atoms with Crippen LogP contribution in [0.15, 0.2) is 23.8 Å². The Bertz CT molecular complexity index is 1590. The largest absolute Gasteiger partial charge is 0.464 e. The Kier molecular flexibility index (Phi) is 13.8. The third-order valence-electron chi connectivity index (χ3n) is 12.2. The average molecular weight is 784 g/mol. The Morgan fingerprint density at radius 2 is 1.64 bits per heavy atom. The van der Waals surface area contributed by atoms with Gasteiger partial charge in [-0.2, -0.15) is 0 Å². The van der Waals surface area contributed by atoms with E-state index in [1.54, 1.807) is 20.8 Å². The van der Waals surface area contributed by atoms with E-state index in [0.717, 1.165) is 0 Å². The van der Waals surface area contributed by atoms with Crippen molar-refractivity contribution in [1.82, 2.24) is 5.32 Å². The lowest BCUT2D eigenvalue weighted by Gasteiger charge is -2.62. The first-order valence-electron chi connectivity index (χ1n) is 18.5. The van der Waals surface area contributed by atoms with Crippen LogP contribution in [0.5, 0.6) is 0 Å². The van der Waals surface area contributed by atoms with Gasteiger partial charge in [-0.05, 0) is 69.8 Å². The third kappa shape index (κ3) is 8.82. The molecule has 1 unspecified atom stereocenters. The van der Waals surface area contributed by atoms with Crippen molar-refractivity contribution >= 4 is 29.4 Å². The predicted octanol–water partition coefficient (Wildman–Crippen LogP) is 2.62. The number of aliphatic hydroxyl groups is 2. The number of carbonyl (C=O) groups excluding carboxylic acids is 5. The number of allylic oxidation sites excluding steroid dienone is 4. The molecular formula is C36H50FN3O15. The molecule has 0 heterocycles. The summed E-state index contributed by atoms with van der Waals surface area (Å²) in [5, 5.41) is 44.8. The highest BCUT2D eigenvalue weighted by Crippen LogP contribution is 2.70. The molecule has 0 bridgehead atoms. The van der Waals surface area contributed by atoms with Crippen molar-refractivity contribution in [3.63, 3.8) is 0 Å². The summed E-state index contributed by atoms with van der Waals surface area (Å²) in [7, 11) is 0. The molecule has 0 radical (unpaired) electrons. The lowest BCUT2D eigenvalue weighted by Crippen LogP contribution is -2.69. The summed E-state index contributed by atoms with van der Waals surface area (Å²) < 4.78 is 27.9. The van der Waals surface area contributed by atoms with Gasteiger partial charge in [-0.15, -0.1) is 20.2 Å². The van der Waals surface area contributed by atoms with Crippen molar-refractivity contribution in [3.05, 3.63) is 44.0 Å². The fourth-order valence-corrected chi connectivity index (χ4v) is 9.31. The fourth-order valence-electron chi connectivity index (χ4n) is 9.31. The number of ketones is 2. The zero-order valence-electron chi connectivity index (χ0n) is 31.2. The second-order valence-corrected chi connectivity index (χ2v) is 15.4. The second kappa shape index (κ2) is 17.5. The van der Waals surface area contributed by atoms with E-state index >= 15 is 4.39 Å². The van der Waals surface area contributed by atoms with Gasteiger partial charge in [0.15, 0.2) is 18.1 Å². The first-order chi connectivity index (χ1) is 25.8. The molecule has 0 aromatic heterocycles. The van der Waals surface area contributed by atoms with Crippen molar-refractivity contribution < 1.29 is 67.9 Å². The van der Waals surface area contributed by atoms with Gasteiger partial charge < -0.3 is 34.7 Å². The van der Waals surface area contributed by atoms with Crippen LogP contribution in [0.4, 0.5) is 4.39 Å². The van der Waals surface area contributed by atoms with Crippen LogP contribution in [0.25, 0.3) is 0 Å². The SMILES string of the molecule is C[C@@H]1C[C@H]2[C@@H]3CC=C4CC(=O)C=C[C@]4(C)[C@@]3(F)[C@@H](O)C[C@]2(C)[C@@]1(O)C(=O)COC(=O)CC(NC(=O)CCCCCO[N+](=O)[O-])C(=O)OCCCCO[N+](=O)[O-]. The molecule has 55 heavy (non-hydrogen) atoms. The Labute approximate surface area is 316 Å². The number of rotatable bonds is 20. The van der Waals surface area contributed by atoms with Gasteiger partial charge in [0.05, 0.1) is 32.3 Å². The average Bonchev–Trinajstić information content (AvgIpc) is 3.31. The molecule has 9 atom stereocenters. The smallest absolute Gasteiger partial charge is 0.329 e. The van der Waals surface area contributed by atoms with E-state index in [4.69, 9.17) is 9.47 Å². The van der Waals surface area contributed by atoms with Crippen molar-refractivity contribution in [2.45, 2.75) is 115 Å². The first-order valence-corrected chi connectivity index (χ1v) is 18.5. The summed E-state index contributed by atoms with van der Waals surface area (Å²) in [6.45, 7) is 3.38. The monoisotopic (exact) mass is 783 g/mol. The van der Waals surface area contributed by atoms with E-state index in [0.29, 0.717) is 12.0 Å². The summed E-state index contributed by atoms with van der Waals surface area (Å²) in [5.74, 6) is -5.90. The zero-order valence-corrected chi connectivity index (χ0v) is 31.2. The van der Waals surface area contributed by atoms with Gasteiger partial charge in [-0.25, -0.2) is 9.18 Å². The number of ether oxygens (including phenoxy) is 2. The van der Waals surface area contributed by atoms with Crippen LogP contribution >= 0.6 is 0 Å². The lowest BCUT2D eigenvalue weighted by molar-refractivity contribution is -0.757. The number of fused-ring (bicyclic) bond motifs is 5. The first kappa shape index (κ1) is 43.2. The maximum absolute atomic E-state index is 17.5. The summed E-state index contributed by atoms with van der Waals surface area (Å²) in [6.07, 6.45) is 3.63. The summed E-state index contributed by atoms with van der Waals surface area (Å²) in [5.41, 5.74) is -6.32. The minimum atomic E-state index is -2.18. The highest BCUT2D eigenvalue weighted by molar-refractivity contribution is 5.94. The van der Waals surface area contributed by atoms with Crippen LogP contribution in [0, 0.1) is 48.8 Å². The highest BCUT2D eigenvalue weighted by atomic mass is 19.1. The maximum atomic E-state index is 17.5. The molecule has 2 saturated carbocycles. The topological polar surface area (TPSA) is 261 Å². The molecule has 0 spiro atoms. The Hall–Kier alpha value is -4.52. The molecule has 4 aliphatic carbocycles. The fraction of sp³-hybridized carbons (Fsp3) is 0.750. The number of halogens is 1. The molecule has 18 nitrogen and oxygen atoms in total. The third-order valence-corrected chi connectivity index (χ3v) is 12.2. The highest BCUT2D eigenvalue weighted by Gasteiger charge is 2.75. The number of nitrogens with one attached hydrogen (secondary N) is 1. The van der Waals surface area contributed by atoms with Gasteiger partial charge >= 0.3 is 11.9 Å². The molecule has 19 heteroatoms. The number of unbranched alkanes of at least 4 members (excludes halogenated alkanes) is 3. The standard InChI is InChI=1S/C36H50FN3O15/c1-22-17-26-25-11-10-23-18-24(41)12-13-33(23,2)35(25,37)28(42)20-34(26,3)36(22,47)29(43)21-53-31(45)19-27(32(46)52-14-7-8-16-55-40(50)51)38-30(44)9-5-4-6-15-54-39(48)49/h10,12-13,22,25-28,42,47H,4-9,11,14-21H2,1-3H3,(H,38,44)/t22-,25+,26+,27?,28+,33+,34+,35+,36+/m1/s1. The summed E-state index contributed by atoms with van der Waals surface area (Å²) >= 11 is 0. The summed E-state index contributed by atoms with van der Waals surface area (Å²) in [4.78, 5) is 93.7. The lowest BCUT2D eigenvalue weighted by atomic mass is 9.45. The number of carbonyl (C=O) groups is 5. The zero-order chi connectivity index (χ0) is 40.8. The maximum Gasteiger partial charge on any atom is 0.329 e. The van der Waals surface area contributed by atoms with Crippen LogP contribution in [-0.4, -0.2) is 99.6 Å². The van der Waals surface area contributed by atoms with Gasteiger partial charge in [-0.1, -0.05) is 38.0 Å². The van der Waals surface area contributed by atoms with Gasteiger partial charge in [-0.3, -0.25) is 19.2 Å². The molecule has 3 N–H and O–H groups in total. The molecule has 0 aliphatic heterocycles. The van der Waals surface area contributed by atoms with Crippen molar-refractivity contribution in [3.8, 4) is 0 Å². The number of nitrogens with zero attached hydrogens (tertiary/aromatic N) is 2. The molecule has 0 saturated heterocycles. The van der Waals surface area contributed by atoms with Crippen LogP contribution in [0.1, 0.15) is 91.4 Å².